The second kappa shape index (κ2) is 5.01. The normalized spacial score (nSPS) is 32.4. The van der Waals surface area contributed by atoms with Crippen LogP contribution in [-0.4, -0.2) is 0 Å². The Labute approximate surface area is 94.5 Å². The standard InChI is InChI=1S/C15H24/c1-3-13-6-10-15(11-7-13)14-8-4-12(2)5-9-14/h3-4,14-15H,5-11H2,1-2H3. The van der Waals surface area contributed by atoms with Crippen LogP contribution in [0.3, 0.4) is 0 Å². The van der Waals surface area contributed by atoms with Gasteiger partial charge in [0, 0.05) is 0 Å². The zero-order chi connectivity index (χ0) is 10.7. The molecule has 1 fully saturated rings. The van der Waals surface area contributed by atoms with Crippen LogP contribution < -0.4 is 0 Å². The molecule has 0 aliphatic heterocycles. The van der Waals surface area contributed by atoms with Crippen LogP contribution in [0.25, 0.3) is 0 Å². The summed E-state index contributed by atoms with van der Waals surface area (Å²) in [6.07, 6.45) is 14.7. The molecule has 0 aromatic carbocycles. The minimum atomic E-state index is 1.01. The topological polar surface area (TPSA) is 0 Å². The van der Waals surface area contributed by atoms with Crippen LogP contribution in [0, 0.1) is 11.8 Å². The molecule has 1 saturated carbocycles. The Hall–Kier alpha value is -0.520. The van der Waals surface area contributed by atoms with Crippen LogP contribution in [0.5, 0.6) is 0 Å². The maximum Gasteiger partial charge on any atom is -0.0317 e. The first-order valence-corrected chi connectivity index (χ1v) is 6.59. The molecular formula is C15H24. The van der Waals surface area contributed by atoms with Gasteiger partial charge in [0.15, 0.2) is 0 Å². The molecule has 0 radical (unpaired) electrons. The van der Waals surface area contributed by atoms with Crippen molar-refractivity contribution >= 4 is 0 Å². The fourth-order valence-corrected chi connectivity index (χ4v) is 3.18. The molecule has 0 heteroatoms. The van der Waals surface area contributed by atoms with Gasteiger partial charge < -0.3 is 0 Å². The van der Waals surface area contributed by atoms with Gasteiger partial charge >= 0.3 is 0 Å². The second-order valence-corrected chi connectivity index (χ2v) is 5.37. The van der Waals surface area contributed by atoms with Crippen LogP contribution in [0.15, 0.2) is 23.3 Å². The quantitative estimate of drug-likeness (QED) is 0.535. The second-order valence-electron chi connectivity index (χ2n) is 5.37. The highest BCUT2D eigenvalue weighted by atomic mass is 14.3. The molecule has 0 aromatic heterocycles. The lowest BCUT2D eigenvalue weighted by molar-refractivity contribution is 0.254. The van der Waals surface area contributed by atoms with Crippen LogP contribution in [0.4, 0.5) is 0 Å². The van der Waals surface area contributed by atoms with E-state index in [1.54, 1.807) is 11.1 Å². The van der Waals surface area contributed by atoms with Gasteiger partial charge in [-0.25, -0.2) is 0 Å². The molecule has 2 aliphatic carbocycles. The molecule has 1 atom stereocenters. The van der Waals surface area contributed by atoms with E-state index in [2.05, 4.69) is 26.0 Å². The maximum atomic E-state index is 2.49. The maximum absolute atomic E-state index is 2.49. The summed E-state index contributed by atoms with van der Waals surface area (Å²) in [5.41, 5.74) is 3.32. The van der Waals surface area contributed by atoms with Gasteiger partial charge in [-0.1, -0.05) is 23.3 Å². The van der Waals surface area contributed by atoms with Gasteiger partial charge in [-0.3, -0.25) is 0 Å². The van der Waals surface area contributed by atoms with Crippen LogP contribution in [0.2, 0.25) is 0 Å². The van der Waals surface area contributed by atoms with E-state index in [4.69, 9.17) is 0 Å². The molecule has 0 amide bonds. The van der Waals surface area contributed by atoms with E-state index < -0.39 is 0 Å². The third-order valence-corrected chi connectivity index (χ3v) is 4.43. The summed E-state index contributed by atoms with van der Waals surface area (Å²) < 4.78 is 0. The predicted octanol–water partition coefficient (Wildman–Crippen LogP) is 4.87. The van der Waals surface area contributed by atoms with E-state index in [0.29, 0.717) is 0 Å². The smallest absolute Gasteiger partial charge is 0.0317 e. The van der Waals surface area contributed by atoms with Crippen molar-refractivity contribution in [2.45, 2.75) is 58.8 Å². The van der Waals surface area contributed by atoms with Gasteiger partial charge in [0.05, 0.1) is 0 Å². The summed E-state index contributed by atoms with van der Waals surface area (Å²) in [7, 11) is 0. The lowest BCUT2D eigenvalue weighted by atomic mass is 9.73. The fourth-order valence-electron chi connectivity index (χ4n) is 3.18. The molecule has 0 bridgehead atoms. The summed E-state index contributed by atoms with van der Waals surface area (Å²) in [6, 6.07) is 0. The van der Waals surface area contributed by atoms with E-state index in [1.807, 2.05) is 0 Å². The van der Waals surface area contributed by atoms with Crippen molar-refractivity contribution in [1.82, 2.24) is 0 Å². The molecule has 0 heterocycles. The number of rotatable bonds is 1. The lowest BCUT2D eigenvalue weighted by Gasteiger charge is -2.33. The highest BCUT2D eigenvalue weighted by molar-refractivity contribution is 5.07. The Morgan fingerprint density at radius 2 is 1.73 bits per heavy atom. The van der Waals surface area contributed by atoms with E-state index in [0.717, 1.165) is 11.8 Å². The molecular weight excluding hydrogens is 180 g/mol. The van der Waals surface area contributed by atoms with Gasteiger partial charge in [0.2, 0.25) is 0 Å². The van der Waals surface area contributed by atoms with Gasteiger partial charge in [-0.15, -0.1) is 0 Å². The van der Waals surface area contributed by atoms with Crippen molar-refractivity contribution < 1.29 is 0 Å². The molecule has 15 heavy (non-hydrogen) atoms. The summed E-state index contributed by atoms with van der Waals surface area (Å²) in [4.78, 5) is 0. The number of hydrogen-bond acceptors (Lipinski definition) is 0. The van der Waals surface area contributed by atoms with E-state index in [1.165, 1.54) is 44.9 Å². The van der Waals surface area contributed by atoms with Crippen molar-refractivity contribution in [3.63, 3.8) is 0 Å². The average molecular weight is 204 g/mol. The summed E-state index contributed by atoms with van der Waals surface area (Å²) in [5.74, 6) is 2.03. The first-order chi connectivity index (χ1) is 7.29. The van der Waals surface area contributed by atoms with Gasteiger partial charge in [0.25, 0.3) is 0 Å². The van der Waals surface area contributed by atoms with Crippen molar-refractivity contribution in [3.05, 3.63) is 23.3 Å². The van der Waals surface area contributed by atoms with Gasteiger partial charge in [-0.05, 0) is 70.6 Å². The third-order valence-electron chi connectivity index (χ3n) is 4.43. The molecule has 0 N–H and O–H groups in total. The van der Waals surface area contributed by atoms with Crippen LogP contribution in [0.1, 0.15) is 58.8 Å². The van der Waals surface area contributed by atoms with E-state index >= 15 is 0 Å². The molecule has 0 nitrogen and oxygen atoms in total. The van der Waals surface area contributed by atoms with Crippen LogP contribution >= 0.6 is 0 Å². The number of hydrogen-bond donors (Lipinski definition) is 0. The zero-order valence-corrected chi connectivity index (χ0v) is 10.3. The Morgan fingerprint density at radius 1 is 1.07 bits per heavy atom. The summed E-state index contributed by atoms with van der Waals surface area (Å²) >= 11 is 0. The van der Waals surface area contributed by atoms with E-state index in [9.17, 15) is 0 Å². The zero-order valence-electron chi connectivity index (χ0n) is 10.3. The molecule has 0 saturated heterocycles. The molecule has 0 spiro atoms. The van der Waals surface area contributed by atoms with E-state index in [-0.39, 0.29) is 0 Å². The largest absolute Gasteiger partial charge is 0.0885 e. The summed E-state index contributed by atoms with van der Waals surface area (Å²) in [6.45, 7) is 4.48. The molecule has 84 valence electrons. The van der Waals surface area contributed by atoms with Crippen molar-refractivity contribution in [3.8, 4) is 0 Å². The molecule has 2 aliphatic rings. The van der Waals surface area contributed by atoms with Crippen molar-refractivity contribution in [2.24, 2.45) is 11.8 Å². The number of allylic oxidation sites excluding steroid dienone is 4. The Morgan fingerprint density at radius 3 is 2.27 bits per heavy atom. The van der Waals surface area contributed by atoms with Crippen LogP contribution in [-0.2, 0) is 0 Å². The Balaban J connectivity index is 1.86. The van der Waals surface area contributed by atoms with Crippen molar-refractivity contribution in [2.75, 3.05) is 0 Å². The monoisotopic (exact) mass is 204 g/mol. The fraction of sp³-hybridized carbons (Fsp3) is 0.733. The molecule has 2 rings (SSSR count). The molecule has 1 unspecified atom stereocenters. The minimum Gasteiger partial charge on any atom is -0.0885 e. The van der Waals surface area contributed by atoms with Gasteiger partial charge in [-0.2, -0.15) is 0 Å². The Bertz CT molecular complexity index is 260. The highest BCUT2D eigenvalue weighted by Gasteiger charge is 2.25. The highest BCUT2D eigenvalue weighted by Crippen LogP contribution is 2.39. The lowest BCUT2D eigenvalue weighted by Crippen LogP contribution is -2.20. The summed E-state index contributed by atoms with van der Waals surface area (Å²) in [5, 5.41) is 0. The SMILES string of the molecule is CC=C1CCC(C2CC=C(C)CC2)CC1. The predicted molar refractivity (Wildman–Crippen MR) is 66.8 cm³/mol. The average Bonchev–Trinajstić information content (AvgIpc) is 2.30. The first kappa shape index (κ1) is 11.0. The van der Waals surface area contributed by atoms with Gasteiger partial charge in [0.1, 0.15) is 0 Å². The molecule has 0 aromatic rings. The van der Waals surface area contributed by atoms with Crippen molar-refractivity contribution in [1.29, 1.82) is 0 Å². The third kappa shape index (κ3) is 2.74. The minimum absolute atomic E-state index is 1.01. The Kier molecular flexibility index (Phi) is 3.66. The first-order valence-electron chi connectivity index (χ1n) is 6.59.